The Bertz CT molecular complexity index is 266. The van der Waals surface area contributed by atoms with Crippen LogP contribution < -0.4 is 11.1 Å². The van der Waals surface area contributed by atoms with Crippen molar-refractivity contribution in [2.45, 2.75) is 44.6 Å². The van der Waals surface area contributed by atoms with Crippen LogP contribution >= 0.6 is 0 Å². The molecular formula is C15H31N3O2. The van der Waals surface area contributed by atoms with E-state index in [2.05, 4.69) is 10.2 Å². The lowest BCUT2D eigenvalue weighted by molar-refractivity contribution is -0.123. The summed E-state index contributed by atoms with van der Waals surface area (Å²) in [5.41, 5.74) is 5.97. The molecule has 0 aromatic carbocycles. The zero-order valence-corrected chi connectivity index (χ0v) is 13.1. The number of rotatable bonds is 9. The molecule has 1 saturated carbocycles. The smallest absolute Gasteiger partial charge is 0.237 e. The average Bonchev–Trinajstić information content (AvgIpc) is 2.43. The van der Waals surface area contributed by atoms with Crippen molar-refractivity contribution >= 4 is 5.91 Å². The van der Waals surface area contributed by atoms with Gasteiger partial charge >= 0.3 is 0 Å². The SMILES string of the molecule is CN(C)CCOCCNC(=O)C(N)CC1CCCCC1. The Morgan fingerprint density at radius 1 is 1.30 bits per heavy atom. The minimum absolute atomic E-state index is 0.0354. The van der Waals surface area contributed by atoms with Gasteiger partial charge in [-0.1, -0.05) is 32.1 Å². The highest BCUT2D eigenvalue weighted by Gasteiger charge is 2.20. The van der Waals surface area contributed by atoms with E-state index in [1.54, 1.807) is 0 Å². The summed E-state index contributed by atoms with van der Waals surface area (Å²) >= 11 is 0. The first kappa shape index (κ1) is 17.4. The molecule has 0 aromatic heterocycles. The second-order valence-electron chi connectivity index (χ2n) is 6.05. The van der Waals surface area contributed by atoms with Gasteiger partial charge in [-0.15, -0.1) is 0 Å². The summed E-state index contributed by atoms with van der Waals surface area (Å²) in [6.07, 6.45) is 7.20. The monoisotopic (exact) mass is 285 g/mol. The number of amides is 1. The third-order valence-corrected chi connectivity index (χ3v) is 3.88. The van der Waals surface area contributed by atoms with E-state index in [9.17, 15) is 4.79 Å². The molecule has 0 aliphatic heterocycles. The van der Waals surface area contributed by atoms with Crippen LogP contribution in [0.4, 0.5) is 0 Å². The van der Waals surface area contributed by atoms with Gasteiger partial charge in [0.05, 0.1) is 19.3 Å². The first-order chi connectivity index (χ1) is 9.59. The maximum absolute atomic E-state index is 11.9. The highest BCUT2D eigenvalue weighted by molar-refractivity contribution is 5.81. The van der Waals surface area contributed by atoms with Crippen LogP contribution in [0, 0.1) is 5.92 Å². The van der Waals surface area contributed by atoms with Gasteiger partial charge in [-0.3, -0.25) is 4.79 Å². The second-order valence-corrected chi connectivity index (χ2v) is 6.05. The van der Waals surface area contributed by atoms with Gasteiger partial charge in [0.25, 0.3) is 0 Å². The molecule has 1 aliphatic rings. The molecular weight excluding hydrogens is 254 g/mol. The van der Waals surface area contributed by atoms with E-state index < -0.39 is 0 Å². The van der Waals surface area contributed by atoms with Crippen LogP contribution in [0.5, 0.6) is 0 Å². The van der Waals surface area contributed by atoms with Gasteiger partial charge < -0.3 is 20.7 Å². The van der Waals surface area contributed by atoms with Crippen LogP contribution in [0.3, 0.4) is 0 Å². The molecule has 0 heterocycles. The lowest BCUT2D eigenvalue weighted by Gasteiger charge is -2.24. The van der Waals surface area contributed by atoms with Crippen LogP contribution in [0.1, 0.15) is 38.5 Å². The van der Waals surface area contributed by atoms with Crippen molar-refractivity contribution in [2.75, 3.05) is 40.4 Å². The lowest BCUT2D eigenvalue weighted by Crippen LogP contribution is -2.43. The minimum atomic E-state index is -0.361. The third kappa shape index (κ3) is 7.82. The molecule has 0 radical (unpaired) electrons. The first-order valence-corrected chi connectivity index (χ1v) is 7.85. The fourth-order valence-electron chi connectivity index (χ4n) is 2.62. The lowest BCUT2D eigenvalue weighted by atomic mass is 9.85. The maximum Gasteiger partial charge on any atom is 0.237 e. The van der Waals surface area contributed by atoms with E-state index >= 15 is 0 Å². The van der Waals surface area contributed by atoms with Crippen molar-refractivity contribution in [3.63, 3.8) is 0 Å². The van der Waals surface area contributed by atoms with Crippen LogP contribution in [0.15, 0.2) is 0 Å². The molecule has 5 heteroatoms. The van der Waals surface area contributed by atoms with Crippen LogP contribution in [0.2, 0.25) is 0 Å². The minimum Gasteiger partial charge on any atom is -0.378 e. The normalized spacial score (nSPS) is 18.2. The summed E-state index contributed by atoms with van der Waals surface area (Å²) in [6, 6.07) is -0.361. The van der Waals surface area contributed by atoms with Gasteiger partial charge in [-0.2, -0.15) is 0 Å². The third-order valence-electron chi connectivity index (χ3n) is 3.88. The molecule has 1 rings (SSSR count). The number of likely N-dealkylation sites (N-methyl/N-ethyl adjacent to an activating group) is 1. The number of carbonyl (C=O) groups is 1. The standard InChI is InChI=1S/C15H31N3O2/c1-18(2)9-11-20-10-8-17-15(19)14(16)12-13-6-4-3-5-7-13/h13-14H,3-12,16H2,1-2H3,(H,17,19). The molecule has 0 spiro atoms. The molecule has 0 bridgehead atoms. The molecule has 1 atom stereocenters. The first-order valence-electron chi connectivity index (χ1n) is 7.85. The largest absolute Gasteiger partial charge is 0.378 e. The summed E-state index contributed by atoms with van der Waals surface area (Å²) < 4.78 is 5.43. The van der Waals surface area contributed by atoms with Gasteiger partial charge in [0.2, 0.25) is 5.91 Å². The molecule has 5 nitrogen and oxygen atoms in total. The maximum atomic E-state index is 11.9. The summed E-state index contributed by atoms with van der Waals surface area (Å²) in [5, 5.41) is 2.86. The predicted molar refractivity (Wildman–Crippen MR) is 81.6 cm³/mol. The number of nitrogens with one attached hydrogen (secondary N) is 1. The number of nitrogens with two attached hydrogens (primary N) is 1. The van der Waals surface area contributed by atoms with Gasteiger partial charge in [-0.25, -0.2) is 0 Å². The predicted octanol–water partition coefficient (Wildman–Crippen LogP) is 0.979. The Hall–Kier alpha value is -0.650. The van der Waals surface area contributed by atoms with Gasteiger partial charge in [-0.05, 0) is 26.4 Å². The quantitative estimate of drug-likeness (QED) is 0.620. The number of hydrogen-bond acceptors (Lipinski definition) is 4. The van der Waals surface area contributed by atoms with Gasteiger partial charge in [0.1, 0.15) is 0 Å². The Labute approximate surface area is 123 Å². The molecule has 1 fully saturated rings. The molecule has 3 N–H and O–H groups in total. The molecule has 1 unspecified atom stereocenters. The second kappa shape index (κ2) is 10.1. The van der Waals surface area contributed by atoms with Crippen molar-refractivity contribution in [1.82, 2.24) is 10.2 Å². The van der Waals surface area contributed by atoms with Crippen LogP contribution in [-0.4, -0.2) is 57.2 Å². The van der Waals surface area contributed by atoms with E-state index in [-0.39, 0.29) is 11.9 Å². The Morgan fingerprint density at radius 3 is 2.65 bits per heavy atom. The van der Waals surface area contributed by atoms with Gasteiger partial charge in [0.15, 0.2) is 0 Å². The van der Waals surface area contributed by atoms with Crippen molar-refractivity contribution in [1.29, 1.82) is 0 Å². The van der Waals surface area contributed by atoms with E-state index in [1.807, 2.05) is 14.1 Å². The molecule has 20 heavy (non-hydrogen) atoms. The highest BCUT2D eigenvalue weighted by Crippen LogP contribution is 2.26. The summed E-state index contributed by atoms with van der Waals surface area (Å²) in [7, 11) is 4.02. The molecule has 1 aliphatic carbocycles. The highest BCUT2D eigenvalue weighted by atomic mass is 16.5. The molecule has 0 aromatic rings. The average molecular weight is 285 g/mol. The van der Waals surface area contributed by atoms with E-state index in [0.717, 1.165) is 13.0 Å². The summed E-state index contributed by atoms with van der Waals surface area (Å²) in [6.45, 7) is 2.69. The molecule has 1 amide bonds. The zero-order valence-electron chi connectivity index (χ0n) is 13.1. The Morgan fingerprint density at radius 2 is 2.00 bits per heavy atom. The van der Waals surface area contributed by atoms with Crippen molar-refractivity contribution in [3.8, 4) is 0 Å². The zero-order chi connectivity index (χ0) is 14.8. The number of nitrogens with zero attached hydrogens (tertiary/aromatic N) is 1. The molecule has 0 saturated heterocycles. The van der Waals surface area contributed by atoms with Crippen molar-refractivity contribution in [3.05, 3.63) is 0 Å². The van der Waals surface area contributed by atoms with Crippen molar-refractivity contribution < 1.29 is 9.53 Å². The number of carbonyl (C=O) groups excluding carboxylic acids is 1. The van der Waals surface area contributed by atoms with Crippen LogP contribution in [0.25, 0.3) is 0 Å². The Kier molecular flexibility index (Phi) is 8.82. The van der Waals surface area contributed by atoms with Crippen LogP contribution in [-0.2, 0) is 9.53 Å². The fraction of sp³-hybridized carbons (Fsp3) is 0.933. The summed E-state index contributed by atoms with van der Waals surface area (Å²) in [5.74, 6) is 0.604. The van der Waals surface area contributed by atoms with E-state index in [1.165, 1.54) is 32.1 Å². The van der Waals surface area contributed by atoms with E-state index in [0.29, 0.717) is 25.7 Å². The Balaban J connectivity index is 2.03. The molecule has 118 valence electrons. The fourth-order valence-corrected chi connectivity index (χ4v) is 2.62. The van der Waals surface area contributed by atoms with E-state index in [4.69, 9.17) is 10.5 Å². The summed E-state index contributed by atoms with van der Waals surface area (Å²) in [4.78, 5) is 13.9. The van der Waals surface area contributed by atoms with Crippen molar-refractivity contribution in [2.24, 2.45) is 11.7 Å². The topological polar surface area (TPSA) is 67.6 Å². The number of ether oxygens (including phenoxy) is 1. The number of hydrogen-bond donors (Lipinski definition) is 2. The van der Waals surface area contributed by atoms with Gasteiger partial charge in [0, 0.05) is 13.1 Å².